The molecule has 1 saturated carbocycles. The van der Waals surface area contributed by atoms with E-state index in [0.29, 0.717) is 25.2 Å². The van der Waals surface area contributed by atoms with Crippen molar-refractivity contribution in [2.24, 2.45) is 5.41 Å². The molecule has 2 aromatic rings. The molecule has 2 amide bonds. The van der Waals surface area contributed by atoms with Crippen molar-refractivity contribution in [1.82, 2.24) is 25.1 Å². The van der Waals surface area contributed by atoms with Gasteiger partial charge in [-0.1, -0.05) is 30.3 Å². The summed E-state index contributed by atoms with van der Waals surface area (Å²) in [5.74, 6) is 0.0500. The summed E-state index contributed by atoms with van der Waals surface area (Å²) in [6.45, 7) is 2.05. The van der Waals surface area contributed by atoms with E-state index in [0.717, 1.165) is 38.6 Å². The van der Waals surface area contributed by atoms with E-state index >= 15 is 0 Å². The van der Waals surface area contributed by atoms with E-state index in [4.69, 9.17) is 0 Å². The minimum absolute atomic E-state index is 0.0499. The van der Waals surface area contributed by atoms with E-state index in [1.54, 1.807) is 12.3 Å². The van der Waals surface area contributed by atoms with Crippen molar-refractivity contribution in [3.05, 3.63) is 60.2 Å². The molecule has 4 rings (SSSR count). The van der Waals surface area contributed by atoms with Crippen LogP contribution >= 0.6 is 0 Å². The average molecular weight is 436 g/mol. The zero-order valence-electron chi connectivity index (χ0n) is 19.1. The van der Waals surface area contributed by atoms with E-state index in [1.165, 1.54) is 11.9 Å². The fourth-order valence-corrected chi connectivity index (χ4v) is 5.44. The van der Waals surface area contributed by atoms with Gasteiger partial charge in [-0.3, -0.25) is 14.5 Å². The monoisotopic (exact) mass is 435 g/mol. The first-order valence-corrected chi connectivity index (χ1v) is 11.5. The number of likely N-dealkylation sites (tertiary alicyclic amines) is 1. The van der Waals surface area contributed by atoms with Gasteiger partial charge in [0, 0.05) is 37.8 Å². The third kappa shape index (κ3) is 4.53. The van der Waals surface area contributed by atoms with Crippen LogP contribution in [0.3, 0.4) is 0 Å². The molecular weight excluding hydrogens is 402 g/mol. The summed E-state index contributed by atoms with van der Waals surface area (Å²) in [7, 11) is 4.35. The Balaban J connectivity index is 1.29. The predicted octanol–water partition coefficient (Wildman–Crippen LogP) is 2.85. The summed E-state index contributed by atoms with van der Waals surface area (Å²) in [5.41, 5.74) is 1.88. The molecule has 32 heavy (non-hydrogen) atoms. The molecule has 7 nitrogen and oxygen atoms in total. The molecule has 7 heteroatoms. The second kappa shape index (κ2) is 9.36. The highest BCUT2D eigenvalue weighted by molar-refractivity contribution is 5.92. The molecule has 1 aromatic heterocycles. The maximum Gasteiger partial charge on any atom is 0.270 e. The summed E-state index contributed by atoms with van der Waals surface area (Å²) in [5, 5.41) is 2.88. The van der Waals surface area contributed by atoms with Crippen LogP contribution < -0.4 is 5.32 Å². The molecule has 1 aliphatic heterocycles. The Labute approximate surface area is 190 Å². The summed E-state index contributed by atoms with van der Waals surface area (Å²) in [6.07, 6.45) is 8.57. The van der Waals surface area contributed by atoms with Gasteiger partial charge in [0.15, 0.2) is 0 Å². The molecule has 2 heterocycles. The summed E-state index contributed by atoms with van der Waals surface area (Å²) < 4.78 is 0. The van der Waals surface area contributed by atoms with Crippen molar-refractivity contribution in [3.8, 4) is 0 Å². The molecule has 2 aliphatic rings. The number of benzene rings is 1. The van der Waals surface area contributed by atoms with Crippen LogP contribution in [0.15, 0.2) is 48.9 Å². The second-order valence-corrected chi connectivity index (χ2v) is 9.49. The SMILES string of the molecule is CN(C)C1(c2ccccc2)CCC2(CC1)CC(=O)N(CCCNC(=O)c1ccncn1)C2. The van der Waals surface area contributed by atoms with Gasteiger partial charge in [-0.05, 0) is 63.2 Å². The first kappa shape index (κ1) is 22.4. The Morgan fingerprint density at radius 2 is 1.88 bits per heavy atom. The lowest BCUT2D eigenvalue weighted by atomic mass is 9.64. The Morgan fingerprint density at radius 1 is 1.12 bits per heavy atom. The molecular formula is C25H33N5O2. The third-order valence-corrected chi connectivity index (χ3v) is 7.42. The minimum Gasteiger partial charge on any atom is -0.351 e. The van der Waals surface area contributed by atoms with Crippen LogP contribution in [0.2, 0.25) is 0 Å². The van der Waals surface area contributed by atoms with Gasteiger partial charge in [-0.2, -0.15) is 0 Å². The fourth-order valence-electron chi connectivity index (χ4n) is 5.44. The van der Waals surface area contributed by atoms with Gasteiger partial charge >= 0.3 is 0 Å². The van der Waals surface area contributed by atoms with Crippen LogP contribution in [0.25, 0.3) is 0 Å². The van der Waals surface area contributed by atoms with Crippen LogP contribution in [0, 0.1) is 5.41 Å². The molecule has 1 N–H and O–H groups in total. The number of carbonyl (C=O) groups is 2. The molecule has 2 fully saturated rings. The number of nitrogens with zero attached hydrogens (tertiary/aromatic N) is 4. The smallest absolute Gasteiger partial charge is 0.270 e. The van der Waals surface area contributed by atoms with E-state index in [1.807, 2.05) is 4.90 Å². The molecule has 0 unspecified atom stereocenters. The van der Waals surface area contributed by atoms with Crippen molar-refractivity contribution < 1.29 is 9.59 Å². The Bertz CT molecular complexity index is 924. The first-order chi connectivity index (χ1) is 15.4. The number of rotatable bonds is 7. The van der Waals surface area contributed by atoms with Gasteiger partial charge in [0.2, 0.25) is 5.91 Å². The number of hydrogen-bond donors (Lipinski definition) is 1. The minimum atomic E-state index is -0.204. The van der Waals surface area contributed by atoms with Crippen LogP contribution in [0.5, 0.6) is 0 Å². The maximum absolute atomic E-state index is 12.8. The van der Waals surface area contributed by atoms with E-state index in [2.05, 4.69) is 64.6 Å². The molecule has 0 bridgehead atoms. The average Bonchev–Trinajstić information content (AvgIpc) is 3.13. The van der Waals surface area contributed by atoms with Crippen molar-refractivity contribution in [2.75, 3.05) is 33.7 Å². The van der Waals surface area contributed by atoms with Crippen molar-refractivity contribution in [3.63, 3.8) is 0 Å². The molecule has 1 aromatic carbocycles. The molecule has 1 aliphatic carbocycles. The normalized spacial score (nSPS) is 25.5. The van der Waals surface area contributed by atoms with Gasteiger partial charge < -0.3 is 10.2 Å². The summed E-state index contributed by atoms with van der Waals surface area (Å²) in [6, 6.07) is 12.4. The molecule has 1 saturated heterocycles. The number of aromatic nitrogens is 2. The standard InChI is InChI=1S/C25H33N5O2/c1-29(2)25(20-7-4-3-5-8-20)12-10-24(11-13-25)17-22(31)30(18-24)16-6-14-27-23(32)21-9-15-26-19-28-21/h3-5,7-9,15,19H,6,10-14,16-18H2,1-2H3,(H,27,32). The lowest BCUT2D eigenvalue weighted by molar-refractivity contribution is -0.127. The Morgan fingerprint density at radius 3 is 2.53 bits per heavy atom. The largest absolute Gasteiger partial charge is 0.351 e. The van der Waals surface area contributed by atoms with Crippen molar-refractivity contribution >= 4 is 11.8 Å². The third-order valence-electron chi connectivity index (χ3n) is 7.42. The van der Waals surface area contributed by atoms with Gasteiger partial charge in [-0.25, -0.2) is 9.97 Å². The number of hydrogen-bond acceptors (Lipinski definition) is 5. The zero-order valence-corrected chi connectivity index (χ0v) is 19.1. The van der Waals surface area contributed by atoms with Crippen LogP contribution in [0.1, 0.15) is 54.6 Å². The highest BCUT2D eigenvalue weighted by Gasteiger charge is 2.49. The van der Waals surface area contributed by atoms with Crippen LogP contribution in [-0.2, 0) is 10.3 Å². The first-order valence-electron chi connectivity index (χ1n) is 11.5. The topological polar surface area (TPSA) is 78.4 Å². The van der Waals surface area contributed by atoms with Crippen molar-refractivity contribution in [2.45, 2.75) is 44.1 Å². The van der Waals surface area contributed by atoms with E-state index in [9.17, 15) is 9.59 Å². The van der Waals surface area contributed by atoms with Crippen LogP contribution in [-0.4, -0.2) is 65.3 Å². The lowest BCUT2D eigenvalue weighted by Gasteiger charge is -2.48. The molecule has 170 valence electrons. The highest BCUT2D eigenvalue weighted by Crippen LogP contribution is 2.52. The predicted molar refractivity (Wildman–Crippen MR) is 123 cm³/mol. The number of carbonyl (C=O) groups excluding carboxylic acids is 2. The quantitative estimate of drug-likeness (QED) is 0.677. The lowest BCUT2D eigenvalue weighted by Crippen LogP contribution is -2.47. The Kier molecular flexibility index (Phi) is 6.55. The van der Waals surface area contributed by atoms with Gasteiger partial charge in [-0.15, -0.1) is 0 Å². The van der Waals surface area contributed by atoms with Crippen LogP contribution in [0.4, 0.5) is 0 Å². The van der Waals surface area contributed by atoms with Crippen molar-refractivity contribution in [1.29, 1.82) is 0 Å². The summed E-state index contributed by atoms with van der Waals surface area (Å²) >= 11 is 0. The molecule has 0 radical (unpaired) electrons. The Hall–Kier alpha value is -2.80. The molecule has 1 spiro atoms. The second-order valence-electron chi connectivity index (χ2n) is 9.49. The fraction of sp³-hybridized carbons (Fsp3) is 0.520. The summed E-state index contributed by atoms with van der Waals surface area (Å²) in [4.78, 5) is 37.0. The number of amides is 2. The zero-order chi connectivity index (χ0) is 22.6. The van der Waals surface area contributed by atoms with E-state index in [-0.39, 0.29) is 22.8 Å². The highest BCUT2D eigenvalue weighted by atomic mass is 16.2. The van der Waals surface area contributed by atoms with Gasteiger partial charge in [0.25, 0.3) is 5.91 Å². The van der Waals surface area contributed by atoms with Gasteiger partial charge in [0.05, 0.1) is 0 Å². The number of nitrogens with one attached hydrogen (secondary N) is 1. The maximum atomic E-state index is 12.8. The van der Waals surface area contributed by atoms with E-state index < -0.39 is 0 Å². The molecule has 0 atom stereocenters. The van der Waals surface area contributed by atoms with Gasteiger partial charge in [0.1, 0.15) is 12.0 Å².